The van der Waals surface area contributed by atoms with Crippen LogP contribution in [0.1, 0.15) is 17.5 Å². The lowest BCUT2D eigenvalue weighted by Gasteiger charge is -2.34. The van der Waals surface area contributed by atoms with Crippen molar-refractivity contribution in [3.05, 3.63) is 71.5 Å². The van der Waals surface area contributed by atoms with E-state index >= 15 is 0 Å². The van der Waals surface area contributed by atoms with Crippen LogP contribution in [0.25, 0.3) is 0 Å². The van der Waals surface area contributed by atoms with Crippen LogP contribution < -0.4 is 5.32 Å². The van der Waals surface area contributed by atoms with Crippen molar-refractivity contribution in [3.8, 4) is 0 Å². The average Bonchev–Trinajstić information content (AvgIpc) is 2.69. The lowest BCUT2D eigenvalue weighted by molar-refractivity contribution is -0.120. The molecule has 1 heterocycles. The molecular weight excluding hydrogens is 341 g/mol. The van der Waals surface area contributed by atoms with Gasteiger partial charge in [0.25, 0.3) is 0 Å². The van der Waals surface area contributed by atoms with Crippen LogP contribution in [0.15, 0.2) is 54.6 Å². The summed E-state index contributed by atoms with van der Waals surface area (Å²) in [6, 6.07) is 16.7. The Kier molecular flexibility index (Phi) is 7.36. The topological polar surface area (TPSA) is 35.6 Å². The van der Waals surface area contributed by atoms with Crippen LogP contribution in [0.5, 0.6) is 0 Å². The van der Waals surface area contributed by atoms with E-state index in [1.54, 1.807) is 12.1 Å². The summed E-state index contributed by atoms with van der Waals surface area (Å²) < 4.78 is 12.9. The maximum absolute atomic E-state index is 12.9. The van der Waals surface area contributed by atoms with Gasteiger partial charge in [0.1, 0.15) is 5.82 Å². The van der Waals surface area contributed by atoms with E-state index in [1.807, 2.05) is 0 Å². The molecule has 4 nitrogen and oxygen atoms in total. The Bertz CT molecular complexity index is 697. The van der Waals surface area contributed by atoms with Gasteiger partial charge in [0.05, 0.1) is 6.42 Å². The molecule has 2 aromatic rings. The normalized spacial score (nSPS) is 15.6. The Morgan fingerprint density at radius 3 is 2.26 bits per heavy atom. The lowest BCUT2D eigenvalue weighted by atomic mass is 10.1. The molecule has 0 spiro atoms. The molecule has 0 aliphatic carbocycles. The largest absolute Gasteiger partial charge is 0.356 e. The number of carbonyl (C=O) groups excluding carboxylic acids is 1. The maximum Gasteiger partial charge on any atom is 0.224 e. The minimum Gasteiger partial charge on any atom is -0.356 e. The monoisotopic (exact) mass is 369 g/mol. The van der Waals surface area contributed by atoms with Gasteiger partial charge in [-0.15, -0.1) is 0 Å². The number of nitrogens with one attached hydrogen (secondary N) is 1. The third-order valence-corrected chi connectivity index (χ3v) is 4.97. The highest BCUT2D eigenvalue weighted by Gasteiger charge is 2.16. The lowest BCUT2D eigenvalue weighted by Crippen LogP contribution is -2.46. The molecule has 144 valence electrons. The second kappa shape index (κ2) is 10.2. The highest BCUT2D eigenvalue weighted by Crippen LogP contribution is 2.08. The quantitative estimate of drug-likeness (QED) is 0.727. The van der Waals surface area contributed by atoms with Gasteiger partial charge in [-0.3, -0.25) is 9.69 Å². The molecule has 3 rings (SSSR count). The maximum atomic E-state index is 12.9. The summed E-state index contributed by atoms with van der Waals surface area (Å²) in [6.45, 7) is 7.05. The first-order valence-electron chi connectivity index (χ1n) is 9.69. The van der Waals surface area contributed by atoms with Gasteiger partial charge >= 0.3 is 0 Å². The third kappa shape index (κ3) is 6.77. The van der Waals surface area contributed by atoms with Crippen molar-refractivity contribution in [2.75, 3.05) is 39.3 Å². The number of rotatable bonds is 8. The molecule has 1 aliphatic rings. The van der Waals surface area contributed by atoms with E-state index in [1.165, 1.54) is 17.7 Å². The van der Waals surface area contributed by atoms with Crippen molar-refractivity contribution < 1.29 is 9.18 Å². The van der Waals surface area contributed by atoms with Gasteiger partial charge in [-0.2, -0.15) is 0 Å². The van der Waals surface area contributed by atoms with Crippen molar-refractivity contribution in [2.45, 2.75) is 19.4 Å². The number of hydrogen-bond donors (Lipinski definition) is 1. The molecule has 0 radical (unpaired) electrons. The molecule has 0 saturated carbocycles. The minimum absolute atomic E-state index is 0.00529. The van der Waals surface area contributed by atoms with Crippen LogP contribution in [-0.4, -0.2) is 55.0 Å². The van der Waals surface area contributed by atoms with E-state index in [9.17, 15) is 9.18 Å². The van der Waals surface area contributed by atoms with E-state index in [0.717, 1.165) is 51.3 Å². The van der Waals surface area contributed by atoms with Gasteiger partial charge in [0.15, 0.2) is 0 Å². The van der Waals surface area contributed by atoms with E-state index in [0.29, 0.717) is 13.0 Å². The predicted molar refractivity (Wildman–Crippen MR) is 106 cm³/mol. The van der Waals surface area contributed by atoms with Crippen LogP contribution in [-0.2, 0) is 17.8 Å². The van der Waals surface area contributed by atoms with E-state index in [2.05, 4.69) is 45.4 Å². The summed E-state index contributed by atoms with van der Waals surface area (Å²) in [5, 5.41) is 2.96. The summed E-state index contributed by atoms with van der Waals surface area (Å²) in [4.78, 5) is 16.9. The number of piperazine rings is 1. The zero-order valence-electron chi connectivity index (χ0n) is 15.7. The molecule has 1 amide bonds. The average molecular weight is 369 g/mol. The molecule has 1 N–H and O–H groups in total. The molecule has 1 saturated heterocycles. The first-order chi connectivity index (χ1) is 13.2. The summed E-state index contributed by atoms with van der Waals surface area (Å²) >= 11 is 0. The van der Waals surface area contributed by atoms with Crippen LogP contribution in [0, 0.1) is 5.82 Å². The molecule has 1 fully saturated rings. The number of benzene rings is 2. The van der Waals surface area contributed by atoms with Gasteiger partial charge in [0.2, 0.25) is 5.91 Å². The molecule has 2 aromatic carbocycles. The molecule has 0 aromatic heterocycles. The van der Waals surface area contributed by atoms with Gasteiger partial charge < -0.3 is 10.2 Å². The Labute approximate surface area is 161 Å². The number of nitrogens with zero attached hydrogens (tertiary/aromatic N) is 2. The molecule has 0 bridgehead atoms. The Morgan fingerprint density at radius 1 is 0.889 bits per heavy atom. The zero-order valence-corrected chi connectivity index (χ0v) is 15.7. The predicted octanol–water partition coefficient (Wildman–Crippen LogP) is 2.69. The Hall–Kier alpha value is -2.24. The second-order valence-corrected chi connectivity index (χ2v) is 7.11. The molecular formula is C22H28FN3O. The Morgan fingerprint density at radius 2 is 1.56 bits per heavy atom. The second-order valence-electron chi connectivity index (χ2n) is 7.11. The summed E-state index contributed by atoms with van der Waals surface area (Å²) in [7, 11) is 0. The van der Waals surface area contributed by atoms with Gasteiger partial charge in [-0.1, -0.05) is 42.5 Å². The molecule has 5 heteroatoms. The van der Waals surface area contributed by atoms with Crippen molar-refractivity contribution >= 4 is 5.91 Å². The molecule has 1 aliphatic heterocycles. The fourth-order valence-electron chi connectivity index (χ4n) is 3.39. The first kappa shape index (κ1) is 19.5. The highest BCUT2D eigenvalue weighted by atomic mass is 19.1. The van der Waals surface area contributed by atoms with E-state index < -0.39 is 0 Å². The van der Waals surface area contributed by atoms with Crippen molar-refractivity contribution in [2.24, 2.45) is 0 Å². The van der Waals surface area contributed by atoms with Crippen LogP contribution in [0.2, 0.25) is 0 Å². The number of carbonyl (C=O) groups is 1. The summed E-state index contributed by atoms with van der Waals surface area (Å²) in [5.41, 5.74) is 2.21. The standard InChI is InChI=1S/C22H28FN3O/c23-21-9-7-19(8-10-21)17-22(27)24-11-4-12-25-13-15-26(16-14-25)18-20-5-2-1-3-6-20/h1-3,5-10H,4,11-18H2,(H,24,27). The SMILES string of the molecule is O=C(Cc1ccc(F)cc1)NCCCN1CCN(Cc2ccccc2)CC1. The van der Waals surface area contributed by atoms with E-state index in [-0.39, 0.29) is 11.7 Å². The van der Waals surface area contributed by atoms with Gasteiger partial charge in [-0.25, -0.2) is 4.39 Å². The molecule has 0 atom stereocenters. The van der Waals surface area contributed by atoms with Crippen molar-refractivity contribution in [1.82, 2.24) is 15.1 Å². The van der Waals surface area contributed by atoms with E-state index in [4.69, 9.17) is 0 Å². The Balaban J connectivity index is 1.27. The van der Waals surface area contributed by atoms with Gasteiger partial charge in [-0.05, 0) is 36.2 Å². The summed E-state index contributed by atoms with van der Waals surface area (Å²) in [5.74, 6) is -0.280. The highest BCUT2D eigenvalue weighted by molar-refractivity contribution is 5.78. The smallest absolute Gasteiger partial charge is 0.224 e. The number of amides is 1. The van der Waals surface area contributed by atoms with Gasteiger partial charge in [0, 0.05) is 39.3 Å². The first-order valence-corrected chi connectivity index (χ1v) is 9.69. The van der Waals surface area contributed by atoms with Crippen molar-refractivity contribution in [1.29, 1.82) is 0 Å². The number of halogens is 1. The van der Waals surface area contributed by atoms with Crippen LogP contribution >= 0.6 is 0 Å². The van der Waals surface area contributed by atoms with Crippen LogP contribution in [0.4, 0.5) is 4.39 Å². The molecule has 27 heavy (non-hydrogen) atoms. The minimum atomic E-state index is -0.275. The molecule has 0 unspecified atom stereocenters. The third-order valence-electron chi connectivity index (χ3n) is 4.97. The number of hydrogen-bond acceptors (Lipinski definition) is 3. The summed E-state index contributed by atoms with van der Waals surface area (Å²) in [6.07, 6.45) is 1.26. The van der Waals surface area contributed by atoms with Crippen molar-refractivity contribution in [3.63, 3.8) is 0 Å². The van der Waals surface area contributed by atoms with Crippen LogP contribution in [0.3, 0.4) is 0 Å². The zero-order chi connectivity index (χ0) is 18.9. The fourth-order valence-corrected chi connectivity index (χ4v) is 3.39. The fraction of sp³-hybridized carbons (Fsp3) is 0.409.